The summed E-state index contributed by atoms with van der Waals surface area (Å²) < 4.78 is 72.5. The second-order valence-corrected chi connectivity index (χ2v) is 2.09. The van der Waals surface area contributed by atoms with Gasteiger partial charge in [0.15, 0.2) is 0 Å². The van der Waals surface area contributed by atoms with E-state index in [-0.39, 0.29) is 0 Å². The van der Waals surface area contributed by atoms with Crippen LogP contribution in [0, 0.1) is 0 Å². The standard InChI is InChI=1S/C4HClF6O2/c5-2(12)13-3(8,1(6)7)4(9,10)11/h1H. The van der Waals surface area contributed by atoms with Gasteiger partial charge in [-0.15, -0.1) is 0 Å². The molecule has 0 aliphatic heterocycles. The van der Waals surface area contributed by atoms with E-state index in [1.807, 2.05) is 0 Å². The van der Waals surface area contributed by atoms with Gasteiger partial charge in [-0.05, 0) is 0 Å². The van der Waals surface area contributed by atoms with Crippen LogP contribution in [0.1, 0.15) is 0 Å². The lowest BCUT2D eigenvalue weighted by atomic mass is 10.3. The molecule has 0 saturated carbocycles. The van der Waals surface area contributed by atoms with Crippen molar-refractivity contribution in [3.05, 3.63) is 0 Å². The molecule has 1 unspecified atom stereocenters. The Kier molecular flexibility index (Phi) is 3.42. The molecule has 0 aliphatic carbocycles. The minimum Gasteiger partial charge on any atom is -0.402 e. The molecule has 0 fully saturated rings. The first-order valence-electron chi connectivity index (χ1n) is 2.53. The van der Waals surface area contributed by atoms with Crippen LogP contribution < -0.4 is 0 Å². The first-order valence-corrected chi connectivity index (χ1v) is 2.91. The molecule has 0 N–H and O–H groups in total. The van der Waals surface area contributed by atoms with Gasteiger partial charge >= 0.3 is 23.9 Å². The lowest BCUT2D eigenvalue weighted by molar-refractivity contribution is -0.347. The molecule has 13 heavy (non-hydrogen) atoms. The fourth-order valence-corrected chi connectivity index (χ4v) is 0.455. The molecule has 2 nitrogen and oxygen atoms in total. The number of alkyl halides is 6. The minimum absolute atomic E-state index is 2.31. The molecule has 0 rings (SSSR count). The van der Waals surface area contributed by atoms with Gasteiger partial charge in [0.2, 0.25) is 0 Å². The molecule has 1 atom stereocenters. The van der Waals surface area contributed by atoms with Gasteiger partial charge in [-0.2, -0.15) is 17.6 Å². The molecule has 78 valence electrons. The van der Waals surface area contributed by atoms with Crippen LogP contribution in [-0.4, -0.2) is 23.9 Å². The topological polar surface area (TPSA) is 26.3 Å². The van der Waals surface area contributed by atoms with Gasteiger partial charge in [0.05, 0.1) is 0 Å². The molecule has 0 amide bonds. The van der Waals surface area contributed by atoms with Crippen molar-refractivity contribution in [3.63, 3.8) is 0 Å². The highest BCUT2D eigenvalue weighted by Gasteiger charge is 2.66. The summed E-state index contributed by atoms with van der Waals surface area (Å²) in [6.45, 7) is 0. The van der Waals surface area contributed by atoms with Gasteiger partial charge in [-0.1, -0.05) is 0 Å². The van der Waals surface area contributed by atoms with Crippen molar-refractivity contribution in [2.45, 2.75) is 18.5 Å². The minimum atomic E-state index is -6.04. The van der Waals surface area contributed by atoms with Gasteiger partial charge in [0.1, 0.15) is 0 Å². The van der Waals surface area contributed by atoms with E-state index in [1.54, 1.807) is 0 Å². The summed E-state index contributed by atoms with van der Waals surface area (Å²) in [5.41, 5.74) is -2.31. The van der Waals surface area contributed by atoms with Gasteiger partial charge in [0, 0.05) is 11.6 Å². The van der Waals surface area contributed by atoms with Gasteiger partial charge in [-0.25, -0.2) is 13.6 Å². The van der Waals surface area contributed by atoms with Crippen LogP contribution in [0.4, 0.5) is 31.1 Å². The van der Waals surface area contributed by atoms with Crippen molar-refractivity contribution in [2.24, 2.45) is 0 Å². The van der Waals surface area contributed by atoms with E-state index in [1.165, 1.54) is 0 Å². The van der Waals surface area contributed by atoms with Crippen molar-refractivity contribution in [3.8, 4) is 0 Å². The molecule has 0 aromatic carbocycles. The molecule has 0 saturated heterocycles. The molecule has 0 aromatic rings. The Morgan fingerprint density at radius 2 is 1.62 bits per heavy atom. The summed E-state index contributed by atoms with van der Waals surface area (Å²) >= 11 is 4.18. The molecule has 0 bridgehead atoms. The first-order chi connectivity index (χ1) is 5.61. The van der Waals surface area contributed by atoms with Crippen molar-refractivity contribution in [1.29, 1.82) is 0 Å². The largest absolute Gasteiger partial charge is 0.466 e. The van der Waals surface area contributed by atoms with E-state index in [0.717, 1.165) is 0 Å². The maximum absolute atomic E-state index is 12.3. The molecular weight excluding hydrogens is 229 g/mol. The summed E-state index contributed by atoms with van der Waals surface area (Å²) in [6, 6.07) is 0. The Morgan fingerprint density at radius 3 is 1.69 bits per heavy atom. The summed E-state index contributed by atoms with van der Waals surface area (Å²) in [6.07, 6.45) is -10.6. The maximum atomic E-state index is 12.3. The van der Waals surface area contributed by atoms with E-state index in [2.05, 4.69) is 16.3 Å². The lowest BCUT2D eigenvalue weighted by Gasteiger charge is -2.24. The second kappa shape index (κ2) is 3.60. The third kappa shape index (κ3) is 2.64. The van der Waals surface area contributed by atoms with E-state index in [9.17, 15) is 31.1 Å². The van der Waals surface area contributed by atoms with Crippen molar-refractivity contribution in [2.75, 3.05) is 0 Å². The van der Waals surface area contributed by atoms with Gasteiger partial charge in [-0.3, -0.25) is 0 Å². The van der Waals surface area contributed by atoms with Gasteiger partial charge < -0.3 is 4.74 Å². The average Bonchev–Trinajstić information content (AvgIpc) is 1.82. The lowest BCUT2D eigenvalue weighted by Crippen LogP contribution is -2.50. The number of hydrogen-bond acceptors (Lipinski definition) is 2. The molecule has 0 radical (unpaired) electrons. The molecule has 0 heterocycles. The summed E-state index contributed by atoms with van der Waals surface area (Å²) in [5.74, 6) is -5.36. The normalized spacial score (nSPS) is 16.9. The van der Waals surface area contributed by atoms with E-state index >= 15 is 0 Å². The van der Waals surface area contributed by atoms with Crippen molar-refractivity contribution < 1.29 is 35.9 Å². The highest BCUT2D eigenvalue weighted by molar-refractivity contribution is 6.61. The van der Waals surface area contributed by atoms with Crippen LogP contribution in [-0.2, 0) is 4.74 Å². The number of rotatable bonds is 2. The predicted molar refractivity (Wildman–Crippen MR) is 28.2 cm³/mol. The fourth-order valence-electron chi connectivity index (χ4n) is 0.343. The Hall–Kier alpha value is -0.660. The molecule has 0 aliphatic rings. The van der Waals surface area contributed by atoms with E-state index < -0.39 is 23.9 Å². The summed E-state index contributed by atoms with van der Waals surface area (Å²) in [4.78, 5) is 9.68. The molecule has 9 heteroatoms. The SMILES string of the molecule is O=C(Cl)OC(F)(C(F)F)C(F)(F)F. The van der Waals surface area contributed by atoms with Crippen molar-refractivity contribution >= 4 is 17.0 Å². The Morgan fingerprint density at radius 1 is 1.23 bits per heavy atom. The van der Waals surface area contributed by atoms with Crippen LogP contribution in [0.15, 0.2) is 0 Å². The highest BCUT2D eigenvalue weighted by Crippen LogP contribution is 2.40. The zero-order valence-corrected chi connectivity index (χ0v) is 6.30. The van der Waals surface area contributed by atoms with E-state index in [4.69, 9.17) is 0 Å². The Labute approximate surface area is 72.4 Å². The van der Waals surface area contributed by atoms with Crippen molar-refractivity contribution in [1.82, 2.24) is 0 Å². The predicted octanol–water partition coefficient (Wildman–Crippen LogP) is 2.85. The molecule has 0 aromatic heterocycles. The smallest absolute Gasteiger partial charge is 0.402 e. The van der Waals surface area contributed by atoms with Gasteiger partial charge in [0.25, 0.3) is 0 Å². The maximum Gasteiger partial charge on any atom is 0.466 e. The third-order valence-corrected chi connectivity index (χ3v) is 0.973. The molecular formula is C4HClF6O2. The van der Waals surface area contributed by atoms with Crippen LogP contribution in [0.3, 0.4) is 0 Å². The summed E-state index contributed by atoms with van der Waals surface area (Å²) in [5, 5.41) is 0. The monoisotopic (exact) mass is 230 g/mol. The quantitative estimate of drug-likeness (QED) is 0.539. The molecule has 0 spiro atoms. The first kappa shape index (κ1) is 12.3. The number of carbonyl (C=O) groups is 1. The Bertz CT molecular complexity index is 203. The zero-order chi connectivity index (χ0) is 10.9. The summed E-state index contributed by atoms with van der Waals surface area (Å²) in [7, 11) is 0. The highest BCUT2D eigenvalue weighted by atomic mass is 35.5. The number of ether oxygens (including phenoxy) is 1. The van der Waals surface area contributed by atoms with Crippen LogP contribution in [0.2, 0.25) is 0 Å². The second-order valence-electron chi connectivity index (χ2n) is 1.78. The number of hydrogen-bond donors (Lipinski definition) is 0. The number of halogens is 7. The Balaban J connectivity index is 4.85. The third-order valence-electron chi connectivity index (χ3n) is 0.896. The van der Waals surface area contributed by atoms with Crippen LogP contribution >= 0.6 is 11.6 Å². The van der Waals surface area contributed by atoms with E-state index in [0.29, 0.717) is 0 Å². The van der Waals surface area contributed by atoms with Crippen LogP contribution in [0.5, 0.6) is 0 Å². The number of carbonyl (C=O) groups excluding carboxylic acids is 1. The zero-order valence-electron chi connectivity index (χ0n) is 5.54. The van der Waals surface area contributed by atoms with Crippen LogP contribution in [0.25, 0.3) is 0 Å². The fraction of sp³-hybridized carbons (Fsp3) is 0.750. The average molecular weight is 230 g/mol.